The van der Waals surface area contributed by atoms with Gasteiger partial charge in [0.05, 0.1) is 19.8 Å². The lowest BCUT2D eigenvalue weighted by Gasteiger charge is -2.27. The second-order valence-corrected chi connectivity index (χ2v) is 8.11. The number of urea groups is 1. The Balaban J connectivity index is 1.75. The molecule has 1 aromatic heterocycles. The summed E-state index contributed by atoms with van der Waals surface area (Å²) in [5, 5.41) is 11.9. The number of aryl methyl sites for hydroxylation is 1. The van der Waals surface area contributed by atoms with Crippen LogP contribution >= 0.6 is 23.1 Å². The molecule has 0 spiro atoms. The Morgan fingerprint density at radius 1 is 1.41 bits per heavy atom. The molecule has 2 aliphatic heterocycles. The average Bonchev–Trinajstić information content (AvgIpc) is 3.10. The van der Waals surface area contributed by atoms with Gasteiger partial charge in [-0.1, -0.05) is 18.3 Å². The number of imide groups is 1. The lowest BCUT2D eigenvalue weighted by atomic mass is 9.99. The number of anilines is 1. The van der Waals surface area contributed by atoms with Gasteiger partial charge in [0.1, 0.15) is 11.2 Å². The monoisotopic (exact) mass is 407 g/mol. The van der Waals surface area contributed by atoms with Gasteiger partial charge in [0.2, 0.25) is 11.0 Å². The van der Waals surface area contributed by atoms with Gasteiger partial charge in [-0.25, -0.2) is 4.79 Å². The van der Waals surface area contributed by atoms with E-state index < -0.39 is 11.9 Å². The molecule has 1 atom stereocenters. The molecule has 1 unspecified atom stereocenters. The highest BCUT2D eigenvalue weighted by atomic mass is 32.2. The molecule has 9 nitrogen and oxygen atoms in total. The normalized spacial score (nSPS) is 19.7. The van der Waals surface area contributed by atoms with Crippen molar-refractivity contribution in [2.75, 3.05) is 25.2 Å². The number of aliphatic imine (C=N–C) groups is 1. The summed E-state index contributed by atoms with van der Waals surface area (Å²) in [6, 6.07) is -0.423. The highest BCUT2D eigenvalue weighted by molar-refractivity contribution is 8.03. The number of aromatic nitrogens is 2. The van der Waals surface area contributed by atoms with E-state index in [1.54, 1.807) is 13.3 Å². The second-order valence-electron chi connectivity index (χ2n) is 6.03. The molecule has 0 aromatic carbocycles. The van der Waals surface area contributed by atoms with Crippen molar-refractivity contribution in [3.05, 3.63) is 15.5 Å². The van der Waals surface area contributed by atoms with Crippen molar-refractivity contribution in [2.45, 2.75) is 20.3 Å². The number of carbonyl (C=O) groups is 3. The van der Waals surface area contributed by atoms with Crippen LogP contribution in [-0.2, 0) is 16.0 Å². The first-order chi connectivity index (χ1) is 12.8. The van der Waals surface area contributed by atoms with E-state index in [-0.39, 0.29) is 17.6 Å². The fraction of sp³-hybridized carbons (Fsp3) is 0.438. The number of nitrogens with zero attached hydrogens (tertiary/aromatic N) is 5. The number of hydrogen-bond acceptors (Lipinski definition) is 8. The number of allylic oxidation sites excluding steroid dienone is 1. The summed E-state index contributed by atoms with van der Waals surface area (Å²) in [6.07, 6.45) is 2.38. The molecular formula is C16H19N6O3S2+. The lowest BCUT2D eigenvalue weighted by Crippen LogP contribution is -2.52. The number of amides is 4. The van der Waals surface area contributed by atoms with Gasteiger partial charge in [-0.15, -0.1) is 27.0 Å². The topological polar surface area (TPSA) is 108 Å². The highest BCUT2D eigenvalue weighted by Crippen LogP contribution is 2.34. The molecule has 1 N–H and O–H groups in total. The van der Waals surface area contributed by atoms with Crippen molar-refractivity contribution in [2.24, 2.45) is 10.9 Å². The van der Waals surface area contributed by atoms with Crippen LogP contribution in [0.2, 0.25) is 0 Å². The molecule has 0 bridgehead atoms. The van der Waals surface area contributed by atoms with E-state index >= 15 is 0 Å². The van der Waals surface area contributed by atoms with E-state index in [2.05, 4.69) is 20.5 Å². The van der Waals surface area contributed by atoms with Crippen LogP contribution in [0.15, 0.2) is 15.5 Å². The zero-order chi connectivity index (χ0) is 19.7. The molecule has 0 saturated heterocycles. The molecule has 4 amide bonds. The summed E-state index contributed by atoms with van der Waals surface area (Å²) in [7, 11) is 3.03. The molecule has 0 aliphatic carbocycles. The SMILES string of the molecule is CCc1nnc(NC(=O)CSC2=C(C)C=NC3=[N+](C)C(=O)N(C)C(=O)C23)s1. The Morgan fingerprint density at radius 2 is 2.15 bits per heavy atom. The Hall–Kier alpha value is -2.40. The minimum atomic E-state index is -0.672. The quantitative estimate of drug-likeness (QED) is 0.739. The van der Waals surface area contributed by atoms with Crippen molar-refractivity contribution in [3.8, 4) is 0 Å². The maximum atomic E-state index is 12.7. The van der Waals surface area contributed by atoms with E-state index in [4.69, 9.17) is 0 Å². The smallest absolute Gasteiger partial charge is 0.300 e. The van der Waals surface area contributed by atoms with Gasteiger partial charge in [0.15, 0.2) is 5.92 Å². The van der Waals surface area contributed by atoms with Crippen LogP contribution in [0.1, 0.15) is 18.9 Å². The van der Waals surface area contributed by atoms with Gasteiger partial charge < -0.3 is 0 Å². The Kier molecular flexibility index (Phi) is 5.51. The molecule has 0 radical (unpaired) electrons. The van der Waals surface area contributed by atoms with Gasteiger partial charge in [0.25, 0.3) is 5.84 Å². The molecule has 27 heavy (non-hydrogen) atoms. The van der Waals surface area contributed by atoms with Crippen LogP contribution in [0.25, 0.3) is 0 Å². The largest absolute Gasteiger partial charge is 0.445 e. The number of nitrogens with one attached hydrogen (secondary N) is 1. The summed E-state index contributed by atoms with van der Waals surface area (Å²) in [5.74, 6) is -0.754. The van der Waals surface area contributed by atoms with E-state index in [1.807, 2.05) is 13.8 Å². The molecule has 3 rings (SSSR count). The van der Waals surface area contributed by atoms with E-state index in [0.717, 1.165) is 26.8 Å². The van der Waals surface area contributed by atoms with Crippen molar-refractivity contribution in [1.29, 1.82) is 0 Å². The van der Waals surface area contributed by atoms with Crippen molar-refractivity contribution >= 4 is 58.1 Å². The third-order valence-corrected chi connectivity index (χ3v) is 6.43. The van der Waals surface area contributed by atoms with Crippen LogP contribution in [0.5, 0.6) is 0 Å². The number of carbonyl (C=O) groups excluding carboxylic acids is 3. The summed E-state index contributed by atoms with van der Waals surface area (Å²) in [6.45, 7) is 3.80. The predicted octanol–water partition coefficient (Wildman–Crippen LogP) is 1.38. The van der Waals surface area contributed by atoms with Gasteiger partial charge in [-0.05, 0) is 18.9 Å². The van der Waals surface area contributed by atoms with Gasteiger partial charge in [0, 0.05) is 4.91 Å². The van der Waals surface area contributed by atoms with Crippen LogP contribution < -0.4 is 5.32 Å². The molecule has 2 aliphatic rings. The van der Waals surface area contributed by atoms with Gasteiger partial charge >= 0.3 is 11.9 Å². The number of hydrogen-bond donors (Lipinski definition) is 1. The summed E-state index contributed by atoms with van der Waals surface area (Å²) < 4.78 is 1.36. The molecule has 1 aromatic rings. The summed E-state index contributed by atoms with van der Waals surface area (Å²) >= 11 is 2.60. The summed E-state index contributed by atoms with van der Waals surface area (Å²) in [5.41, 5.74) is 0.801. The zero-order valence-corrected chi connectivity index (χ0v) is 17.0. The third kappa shape index (κ3) is 3.69. The van der Waals surface area contributed by atoms with Gasteiger partial charge in [-0.3, -0.25) is 14.9 Å². The average molecular weight is 408 g/mol. The fourth-order valence-corrected chi connectivity index (χ4v) is 4.41. The van der Waals surface area contributed by atoms with Crippen molar-refractivity contribution in [3.63, 3.8) is 0 Å². The molecule has 0 fully saturated rings. The van der Waals surface area contributed by atoms with Crippen molar-refractivity contribution in [1.82, 2.24) is 15.1 Å². The first kappa shape index (κ1) is 19.4. The fourth-order valence-electron chi connectivity index (χ4n) is 2.70. The maximum Gasteiger partial charge on any atom is 0.445 e. The van der Waals surface area contributed by atoms with Crippen molar-refractivity contribution < 1.29 is 19.0 Å². The van der Waals surface area contributed by atoms with E-state index in [9.17, 15) is 14.4 Å². The minimum absolute atomic E-state index is 0.111. The zero-order valence-electron chi connectivity index (χ0n) is 15.3. The lowest BCUT2D eigenvalue weighted by molar-refractivity contribution is -0.407. The Labute approximate surface area is 164 Å². The summed E-state index contributed by atoms with van der Waals surface area (Å²) in [4.78, 5) is 43.1. The molecule has 11 heteroatoms. The number of fused-ring (bicyclic) bond motifs is 1. The van der Waals surface area contributed by atoms with E-state index in [1.165, 1.54) is 34.7 Å². The second kappa shape index (κ2) is 7.69. The van der Waals surface area contributed by atoms with Crippen LogP contribution in [0.3, 0.4) is 0 Å². The number of dihydropyridines is 1. The van der Waals surface area contributed by atoms with Gasteiger partial charge in [-0.2, -0.15) is 9.48 Å². The van der Waals surface area contributed by atoms with Crippen LogP contribution in [-0.4, -0.2) is 69.4 Å². The van der Waals surface area contributed by atoms with Crippen LogP contribution in [0.4, 0.5) is 9.93 Å². The molecule has 3 heterocycles. The molecular weight excluding hydrogens is 388 g/mol. The van der Waals surface area contributed by atoms with E-state index in [0.29, 0.717) is 11.0 Å². The Morgan fingerprint density at radius 3 is 2.81 bits per heavy atom. The number of rotatable bonds is 5. The first-order valence-corrected chi connectivity index (χ1v) is 10.1. The Bertz CT molecular complexity index is 917. The van der Waals surface area contributed by atoms with Crippen LogP contribution in [0, 0.1) is 5.92 Å². The standard InChI is InChI=1S/C16H18N6O3S2/c1-5-10-19-20-15(27-10)18-9(23)7-26-12-8(2)6-17-13-11(12)14(24)22(4)16(25)21(13)3/h6,11H,5,7H2,1-4H3/p+1. The molecule has 0 saturated carbocycles. The first-order valence-electron chi connectivity index (χ1n) is 8.25. The predicted molar refractivity (Wildman–Crippen MR) is 104 cm³/mol. The maximum absolute atomic E-state index is 12.7. The minimum Gasteiger partial charge on any atom is -0.300 e. The molecule has 142 valence electrons. The highest BCUT2D eigenvalue weighted by Gasteiger charge is 2.47. The number of amidine groups is 1. The number of thioether (sulfide) groups is 1. The third-order valence-electron chi connectivity index (χ3n) is 4.17.